The average molecular weight is 491 g/mol. The molecule has 0 aromatic rings. The molecule has 0 radical (unpaired) electrons. The highest BCUT2D eigenvalue weighted by atomic mass is 16.5. The van der Waals surface area contributed by atoms with Gasteiger partial charge in [-0.3, -0.25) is 0 Å². The minimum Gasteiger partial charge on any atom is -0.396 e. The van der Waals surface area contributed by atoms with Crippen molar-refractivity contribution < 1.29 is 29.9 Å². The summed E-state index contributed by atoms with van der Waals surface area (Å²) in [5.74, 6) is 0.353. The Morgan fingerprint density at radius 3 is 2.09 bits per heavy atom. The molecule has 206 valence electrons. The second-order valence-corrected chi connectivity index (χ2v) is 11.1. The van der Waals surface area contributed by atoms with E-state index in [-0.39, 0.29) is 18.4 Å². The summed E-state index contributed by atoms with van der Waals surface area (Å²) in [5, 5.41) is 41.8. The lowest BCUT2D eigenvalue weighted by molar-refractivity contribution is -0.145. The van der Waals surface area contributed by atoms with Crippen LogP contribution >= 0.6 is 0 Å². The highest BCUT2D eigenvalue weighted by Crippen LogP contribution is 2.36. The van der Waals surface area contributed by atoms with Crippen LogP contribution in [0.25, 0.3) is 0 Å². The molecular weight excluding hydrogens is 432 g/mol. The molecule has 0 aromatic carbocycles. The first-order valence-corrected chi connectivity index (χ1v) is 13.9. The number of hydrogen-bond acceptors (Lipinski definition) is 6. The van der Waals surface area contributed by atoms with Crippen LogP contribution in [0.15, 0.2) is 0 Å². The van der Waals surface area contributed by atoms with Crippen molar-refractivity contribution >= 4 is 0 Å². The number of hydrogen-bond donors (Lipinski definition) is 4. The second kappa shape index (κ2) is 18.9. The quantitative estimate of drug-likeness (QED) is 0.146. The molecule has 0 spiro atoms. The summed E-state index contributed by atoms with van der Waals surface area (Å²) >= 11 is 0. The monoisotopic (exact) mass is 490 g/mol. The van der Waals surface area contributed by atoms with Gasteiger partial charge in [0.05, 0.1) is 36.6 Å². The largest absolute Gasteiger partial charge is 0.396 e. The molecule has 0 saturated heterocycles. The van der Waals surface area contributed by atoms with E-state index in [1.54, 1.807) is 6.92 Å². The number of ether oxygens (including phenoxy) is 2. The Hall–Kier alpha value is -0.240. The van der Waals surface area contributed by atoms with Gasteiger partial charge in [0.25, 0.3) is 0 Å². The Bertz CT molecular complexity index is 470. The summed E-state index contributed by atoms with van der Waals surface area (Å²) in [6, 6.07) is 0. The molecule has 0 fully saturated rings. The fourth-order valence-electron chi connectivity index (χ4n) is 4.87. The van der Waals surface area contributed by atoms with Crippen molar-refractivity contribution in [2.24, 2.45) is 11.8 Å². The van der Waals surface area contributed by atoms with Crippen LogP contribution in [-0.4, -0.2) is 70.3 Å². The van der Waals surface area contributed by atoms with Gasteiger partial charge in [0, 0.05) is 13.2 Å². The van der Waals surface area contributed by atoms with E-state index in [2.05, 4.69) is 20.8 Å². The maximum absolute atomic E-state index is 12.0. The van der Waals surface area contributed by atoms with E-state index in [1.807, 2.05) is 13.8 Å². The molecule has 0 aromatic heterocycles. The zero-order valence-electron chi connectivity index (χ0n) is 23.2. The molecule has 0 aliphatic heterocycles. The standard InChI is InChI=1S/C28H58O6/c1-7-9-10-11-17-33-18-19-34-26(14-15-27(6,31)8-2)28(32,21-23(3)13-12-16-29)22-24(4)20-25(5)30/h23-26,29-32H,7-22H2,1-6H3. The Morgan fingerprint density at radius 2 is 1.50 bits per heavy atom. The highest BCUT2D eigenvalue weighted by Gasteiger charge is 2.40. The van der Waals surface area contributed by atoms with Gasteiger partial charge >= 0.3 is 0 Å². The molecule has 0 rings (SSSR count). The van der Waals surface area contributed by atoms with Crippen LogP contribution < -0.4 is 0 Å². The molecule has 0 aliphatic carbocycles. The van der Waals surface area contributed by atoms with E-state index < -0.39 is 23.4 Å². The summed E-state index contributed by atoms with van der Waals surface area (Å²) in [6.45, 7) is 13.7. The van der Waals surface area contributed by atoms with Gasteiger partial charge in [-0.25, -0.2) is 0 Å². The van der Waals surface area contributed by atoms with E-state index in [0.717, 1.165) is 19.4 Å². The number of aliphatic hydroxyl groups is 4. The fourth-order valence-corrected chi connectivity index (χ4v) is 4.87. The minimum atomic E-state index is -1.08. The molecule has 4 N–H and O–H groups in total. The van der Waals surface area contributed by atoms with Crippen molar-refractivity contribution in [3.63, 3.8) is 0 Å². The second-order valence-electron chi connectivity index (χ2n) is 11.1. The molecule has 6 nitrogen and oxygen atoms in total. The van der Waals surface area contributed by atoms with Crippen LogP contribution in [0.2, 0.25) is 0 Å². The molecule has 0 saturated carbocycles. The normalized spacial score (nSPS) is 19.2. The van der Waals surface area contributed by atoms with E-state index in [4.69, 9.17) is 9.47 Å². The molecule has 0 aliphatic rings. The van der Waals surface area contributed by atoms with Crippen LogP contribution in [0.3, 0.4) is 0 Å². The van der Waals surface area contributed by atoms with Crippen molar-refractivity contribution in [3.05, 3.63) is 0 Å². The van der Waals surface area contributed by atoms with E-state index >= 15 is 0 Å². The number of rotatable bonds is 23. The van der Waals surface area contributed by atoms with Crippen LogP contribution in [0.4, 0.5) is 0 Å². The SMILES string of the molecule is CCCCCCOCCOC(CCC(C)(O)CC)C(O)(CC(C)CCCO)CC(C)CC(C)O. The Labute approximate surface area is 210 Å². The van der Waals surface area contributed by atoms with E-state index in [0.29, 0.717) is 58.2 Å². The van der Waals surface area contributed by atoms with Gasteiger partial charge in [-0.05, 0) is 83.5 Å². The third-order valence-electron chi connectivity index (χ3n) is 7.00. The maximum atomic E-state index is 12.0. The smallest absolute Gasteiger partial charge is 0.0913 e. The molecule has 6 unspecified atom stereocenters. The van der Waals surface area contributed by atoms with Crippen LogP contribution in [0, 0.1) is 11.8 Å². The molecule has 0 amide bonds. The van der Waals surface area contributed by atoms with E-state index in [9.17, 15) is 20.4 Å². The van der Waals surface area contributed by atoms with Crippen LogP contribution in [0.1, 0.15) is 119 Å². The van der Waals surface area contributed by atoms with Crippen molar-refractivity contribution in [1.29, 1.82) is 0 Å². The highest BCUT2D eigenvalue weighted by molar-refractivity contribution is 4.92. The van der Waals surface area contributed by atoms with Gasteiger partial charge in [0.1, 0.15) is 0 Å². The molecule has 6 atom stereocenters. The summed E-state index contributed by atoms with van der Waals surface area (Å²) < 4.78 is 12.0. The summed E-state index contributed by atoms with van der Waals surface area (Å²) in [7, 11) is 0. The van der Waals surface area contributed by atoms with Gasteiger partial charge in [-0.1, -0.05) is 47.0 Å². The van der Waals surface area contributed by atoms with Crippen molar-refractivity contribution in [2.45, 2.75) is 142 Å². The Morgan fingerprint density at radius 1 is 0.824 bits per heavy atom. The third-order valence-corrected chi connectivity index (χ3v) is 7.00. The van der Waals surface area contributed by atoms with Gasteiger partial charge < -0.3 is 29.9 Å². The van der Waals surface area contributed by atoms with Crippen molar-refractivity contribution in [1.82, 2.24) is 0 Å². The Balaban J connectivity index is 5.34. The lowest BCUT2D eigenvalue weighted by atomic mass is 9.76. The van der Waals surface area contributed by atoms with Gasteiger partial charge in [0.15, 0.2) is 0 Å². The third kappa shape index (κ3) is 16.4. The summed E-state index contributed by atoms with van der Waals surface area (Å²) in [6.07, 6.45) is 8.82. The molecular formula is C28H58O6. The van der Waals surface area contributed by atoms with Gasteiger partial charge in [-0.15, -0.1) is 0 Å². The topological polar surface area (TPSA) is 99.4 Å². The fraction of sp³-hybridized carbons (Fsp3) is 1.00. The predicted octanol–water partition coefficient (Wildman–Crippen LogP) is 5.24. The van der Waals surface area contributed by atoms with Crippen LogP contribution in [-0.2, 0) is 9.47 Å². The predicted molar refractivity (Wildman–Crippen MR) is 140 cm³/mol. The summed E-state index contributed by atoms with van der Waals surface area (Å²) in [5.41, 5.74) is -1.87. The molecule has 0 heterocycles. The van der Waals surface area contributed by atoms with Gasteiger partial charge in [0.2, 0.25) is 0 Å². The zero-order valence-corrected chi connectivity index (χ0v) is 23.2. The van der Waals surface area contributed by atoms with Gasteiger partial charge in [-0.2, -0.15) is 0 Å². The average Bonchev–Trinajstić information content (AvgIpc) is 2.75. The first-order valence-electron chi connectivity index (χ1n) is 13.9. The first kappa shape index (κ1) is 33.8. The molecule has 0 bridgehead atoms. The summed E-state index contributed by atoms with van der Waals surface area (Å²) in [4.78, 5) is 0. The van der Waals surface area contributed by atoms with Crippen LogP contribution in [0.5, 0.6) is 0 Å². The minimum absolute atomic E-state index is 0.127. The first-order chi connectivity index (χ1) is 16.0. The number of unbranched alkanes of at least 4 members (excludes halogenated alkanes) is 3. The lowest BCUT2D eigenvalue weighted by Crippen LogP contribution is -2.48. The number of aliphatic hydroxyl groups excluding tert-OH is 2. The Kier molecular flexibility index (Phi) is 18.8. The van der Waals surface area contributed by atoms with Crippen molar-refractivity contribution in [3.8, 4) is 0 Å². The molecule has 34 heavy (non-hydrogen) atoms. The van der Waals surface area contributed by atoms with E-state index in [1.165, 1.54) is 19.3 Å². The maximum Gasteiger partial charge on any atom is 0.0913 e. The molecule has 6 heteroatoms. The van der Waals surface area contributed by atoms with Crippen molar-refractivity contribution in [2.75, 3.05) is 26.4 Å². The lowest BCUT2D eigenvalue weighted by Gasteiger charge is -2.41. The zero-order chi connectivity index (χ0) is 26.0.